The first kappa shape index (κ1) is 24.3. The van der Waals surface area contributed by atoms with Crippen molar-refractivity contribution in [3.05, 3.63) is 68.4 Å². The van der Waals surface area contributed by atoms with Gasteiger partial charge in [0.2, 0.25) is 0 Å². The third kappa shape index (κ3) is 4.13. The molecule has 1 aromatic carbocycles. The summed E-state index contributed by atoms with van der Waals surface area (Å²) in [5.41, 5.74) is 4.85. The number of ketones is 1. The predicted molar refractivity (Wildman–Crippen MR) is 138 cm³/mol. The maximum atomic E-state index is 14.0. The van der Waals surface area contributed by atoms with Crippen LogP contribution in [0, 0.1) is 0 Å². The molecule has 2 heterocycles. The SMILES string of the molecule is COC(=O)c1c(NC(=O)C2=C(C)NC3=C(C(=O)CCC3)C2c2ccccc2OC)sc2c1CCCC2. The van der Waals surface area contributed by atoms with Gasteiger partial charge in [0, 0.05) is 39.4 Å². The molecule has 0 bridgehead atoms. The Balaban J connectivity index is 1.60. The highest BCUT2D eigenvalue weighted by atomic mass is 32.1. The Morgan fingerprint density at radius 2 is 1.83 bits per heavy atom. The molecule has 1 amide bonds. The van der Waals surface area contributed by atoms with E-state index in [9.17, 15) is 14.4 Å². The number of para-hydroxylation sites is 1. The molecule has 2 N–H and O–H groups in total. The lowest BCUT2D eigenvalue weighted by Gasteiger charge is -2.35. The van der Waals surface area contributed by atoms with E-state index < -0.39 is 11.9 Å². The van der Waals surface area contributed by atoms with Crippen molar-refractivity contribution < 1.29 is 23.9 Å². The summed E-state index contributed by atoms with van der Waals surface area (Å²) < 4.78 is 10.7. The lowest BCUT2D eigenvalue weighted by atomic mass is 9.74. The highest BCUT2D eigenvalue weighted by molar-refractivity contribution is 7.17. The normalized spacial score (nSPS) is 19.3. The topological polar surface area (TPSA) is 93.7 Å². The summed E-state index contributed by atoms with van der Waals surface area (Å²) in [5, 5.41) is 6.89. The second kappa shape index (κ2) is 9.93. The van der Waals surface area contributed by atoms with Crippen molar-refractivity contribution in [1.82, 2.24) is 5.32 Å². The number of fused-ring (bicyclic) bond motifs is 1. The van der Waals surface area contributed by atoms with Gasteiger partial charge in [0.15, 0.2) is 5.78 Å². The first-order chi connectivity index (χ1) is 17.4. The Kier molecular flexibility index (Phi) is 6.71. The van der Waals surface area contributed by atoms with Gasteiger partial charge in [-0.25, -0.2) is 4.79 Å². The van der Waals surface area contributed by atoms with Crippen LogP contribution >= 0.6 is 11.3 Å². The van der Waals surface area contributed by atoms with E-state index >= 15 is 0 Å². The zero-order chi connectivity index (χ0) is 25.4. The number of rotatable bonds is 5. The van der Waals surface area contributed by atoms with Gasteiger partial charge in [0.1, 0.15) is 10.8 Å². The summed E-state index contributed by atoms with van der Waals surface area (Å²) in [6, 6.07) is 7.52. The Hall–Kier alpha value is -3.39. The number of hydrogen-bond donors (Lipinski definition) is 2. The number of aryl methyl sites for hydroxylation is 1. The molecule has 1 atom stereocenters. The highest BCUT2D eigenvalue weighted by Gasteiger charge is 2.40. The number of anilines is 1. The van der Waals surface area contributed by atoms with E-state index in [1.54, 1.807) is 7.11 Å². The minimum atomic E-state index is -0.568. The second-order valence-corrected chi connectivity index (χ2v) is 10.5. The molecule has 36 heavy (non-hydrogen) atoms. The molecular weight excluding hydrogens is 476 g/mol. The predicted octanol–water partition coefficient (Wildman–Crippen LogP) is 5.03. The molecule has 188 valence electrons. The van der Waals surface area contributed by atoms with Gasteiger partial charge < -0.3 is 20.1 Å². The zero-order valence-corrected chi connectivity index (χ0v) is 21.6. The summed E-state index contributed by atoms with van der Waals surface area (Å²) >= 11 is 1.45. The minimum Gasteiger partial charge on any atom is -0.496 e. The first-order valence-corrected chi connectivity index (χ1v) is 13.2. The fourth-order valence-electron chi connectivity index (χ4n) is 5.64. The molecule has 1 aliphatic heterocycles. The van der Waals surface area contributed by atoms with Crippen LogP contribution in [0.5, 0.6) is 5.75 Å². The number of thiophene rings is 1. The Morgan fingerprint density at radius 3 is 2.61 bits per heavy atom. The van der Waals surface area contributed by atoms with Gasteiger partial charge in [-0.15, -0.1) is 11.3 Å². The molecule has 0 radical (unpaired) electrons. The molecule has 1 aromatic heterocycles. The number of carbonyl (C=O) groups excluding carboxylic acids is 3. The fourth-order valence-corrected chi connectivity index (χ4v) is 6.92. The average Bonchev–Trinajstić information content (AvgIpc) is 3.25. The smallest absolute Gasteiger partial charge is 0.341 e. The number of benzene rings is 1. The summed E-state index contributed by atoms with van der Waals surface area (Å²) in [4.78, 5) is 41.1. The second-order valence-electron chi connectivity index (χ2n) is 9.37. The van der Waals surface area contributed by atoms with E-state index in [1.165, 1.54) is 18.4 Å². The molecule has 0 saturated heterocycles. The van der Waals surface area contributed by atoms with Gasteiger partial charge in [0.25, 0.3) is 5.91 Å². The Morgan fingerprint density at radius 1 is 1.06 bits per heavy atom. The number of ether oxygens (including phenoxy) is 2. The van der Waals surface area contributed by atoms with Crippen LogP contribution in [0.1, 0.15) is 71.3 Å². The number of carbonyl (C=O) groups is 3. The van der Waals surface area contributed by atoms with E-state index in [-0.39, 0.29) is 11.7 Å². The molecular formula is C28H30N2O5S. The minimum absolute atomic E-state index is 0.0410. The van der Waals surface area contributed by atoms with Crippen LogP contribution in [0.15, 0.2) is 46.8 Å². The molecule has 2 aromatic rings. The van der Waals surface area contributed by atoms with Crippen LogP contribution < -0.4 is 15.4 Å². The number of allylic oxidation sites excluding steroid dienone is 3. The van der Waals surface area contributed by atoms with Crippen molar-refractivity contribution in [3.8, 4) is 5.75 Å². The highest BCUT2D eigenvalue weighted by Crippen LogP contribution is 2.46. The number of dihydropyridines is 1. The van der Waals surface area contributed by atoms with Crippen LogP contribution in [-0.4, -0.2) is 31.9 Å². The third-order valence-electron chi connectivity index (χ3n) is 7.26. The molecule has 7 nitrogen and oxygen atoms in total. The summed E-state index contributed by atoms with van der Waals surface area (Å²) in [7, 11) is 2.95. The van der Waals surface area contributed by atoms with Crippen LogP contribution in [0.3, 0.4) is 0 Å². The fraction of sp³-hybridized carbons (Fsp3) is 0.393. The van der Waals surface area contributed by atoms with Gasteiger partial charge in [-0.05, 0) is 57.1 Å². The zero-order valence-electron chi connectivity index (χ0n) is 20.8. The number of hydrogen-bond acceptors (Lipinski definition) is 7. The molecule has 2 aliphatic carbocycles. The average molecular weight is 507 g/mol. The standard InChI is InChI=1S/C28H30N2O5S/c1-15-22(26(32)30-27-24(28(33)35-3)17-10-5-7-14-21(17)36-27)23(16-9-4-6-13-20(16)34-2)25-18(29-15)11-8-12-19(25)31/h4,6,9,13,23,29H,5,7-8,10-12,14H2,1-3H3,(H,30,32). The largest absolute Gasteiger partial charge is 0.496 e. The first-order valence-electron chi connectivity index (χ1n) is 12.4. The lowest BCUT2D eigenvalue weighted by Crippen LogP contribution is -2.35. The Labute approximate surface area is 214 Å². The van der Waals surface area contributed by atoms with Crippen molar-refractivity contribution in [2.24, 2.45) is 0 Å². The number of nitrogens with one attached hydrogen (secondary N) is 2. The number of esters is 1. The van der Waals surface area contributed by atoms with Crippen LogP contribution in [0.25, 0.3) is 0 Å². The molecule has 5 rings (SSSR count). The van der Waals surface area contributed by atoms with E-state index in [2.05, 4.69) is 10.6 Å². The van der Waals surface area contributed by atoms with Crippen LogP contribution in [-0.2, 0) is 27.2 Å². The van der Waals surface area contributed by atoms with E-state index in [1.807, 2.05) is 31.2 Å². The van der Waals surface area contributed by atoms with Crippen LogP contribution in [0.2, 0.25) is 0 Å². The number of amides is 1. The lowest BCUT2D eigenvalue weighted by molar-refractivity contribution is -0.116. The van der Waals surface area contributed by atoms with Crippen molar-refractivity contribution in [2.75, 3.05) is 19.5 Å². The maximum Gasteiger partial charge on any atom is 0.341 e. The summed E-state index contributed by atoms with van der Waals surface area (Å²) in [5.74, 6) is -0.689. The third-order valence-corrected chi connectivity index (χ3v) is 8.47. The monoisotopic (exact) mass is 506 g/mol. The van der Waals surface area contributed by atoms with Crippen molar-refractivity contribution >= 4 is 34.0 Å². The summed E-state index contributed by atoms with van der Waals surface area (Å²) in [6.45, 7) is 1.86. The van der Waals surface area contributed by atoms with E-state index in [0.29, 0.717) is 39.6 Å². The number of Topliss-reactive ketones (excluding diaryl/α,β-unsaturated/α-hetero) is 1. The van der Waals surface area contributed by atoms with Crippen molar-refractivity contribution in [3.63, 3.8) is 0 Å². The van der Waals surface area contributed by atoms with Crippen LogP contribution in [0.4, 0.5) is 5.00 Å². The molecule has 0 spiro atoms. The molecule has 8 heteroatoms. The van der Waals surface area contributed by atoms with E-state index in [4.69, 9.17) is 9.47 Å². The Bertz CT molecular complexity index is 1320. The maximum absolute atomic E-state index is 14.0. The van der Waals surface area contributed by atoms with Crippen molar-refractivity contribution in [1.29, 1.82) is 0 Å². The number of methoxy groups -OCH3 is 2. The summed E-state index contributed by atoms with van der Waals surface area (Å²) in [6.07, 6.45) is 5.73. The van der Waals surface area contributed by atoms with E-state index in [0.717, 1.165) is 60.2 Å². The van der Waals surface area contributed by atoms with Gasteiger partial charge in [-0.1, -0.05) is 18.2 Å². The molecule has 0 saturated carbocycles. The van der Waals surface area contributed by atoms with Gasteiger partial charge >= 0.3 is 5.97 Å². The van der Waals surface area contributed by atoms with Crippen molar-refractivity contribution in [2.45, 2.75) is 57.8 Å². The molecule has 1 unspecified atom stereocenters. The van der Waals surface area contributed by atoms with Gasteiger partial charge in [-0.3, -0.25) is 9.59 Å². The van der Waals surface area contributed by atoms with Gasteiger partial charge in [0.05, 0.1) is 25.7 Å². The quantitative estimate of drug-likeness (QED) is 0.553. The molecule has 0 fully saturated rings. The van der Waals surface area contributed by atoms with Gasteiger partial charge in [-0.2, -0.15) is 0 Å². The molecule has 3 aliphatic rings.